The lowest BCUT2D eigenvalue weighted by Crippen LogP contribution is -2.35. The minimum atomic E-state index is -0.507. The number of hydrogen-bond acceptors (Lipinski definition) is 8. The van der Waals surface area contributed by atoms with Gasteiger partial charge in [-0.1, -0.05) is 56.3 Å². The number of aliphatic imine (C=N–C) groups is 1. The number of amides is 1. The number of rotatable bonds is 12. The Morgan fingerprint density at radius 2 is 1.65 bits per heavy atom. The van der Waals surface area contributed by atoms with Crippen LogP contribution in [0.3, 0.4) is 0 Å². The fourth-order valence-corrected chi connectivity index (χ4v) is 5.52. The van der Waals surface area contributed by atoms with Gasteiger partial charge in [-0.15, -0.1) is 0 Å². The van der Waals surface area contributed by atoms with Gasteiger partial charge in [0.2, 0.25) is 10.9 Å². The van der Waals surface area contributed by atoms with E-state index in [-0.39, 0.29) is 18.0 Å². The second kappa shape index (κ2) is 13.6. The summed E-state index contributed by atoms with van der Waals surface area (Å²) in [5.41, 5.74) is 3.07. The molecule has 10 heteroatoms. The molecule has 222 valence electrons. The molecule has 0 spiro atoms. The zero-order valence-corrected chi connectivity index (χ0v) is 25.4. The quantitative estimate of drug-likeness (QED) is 0.186. The van der Waals surface area contributed by atoms with Crippen molar-refractivity contribution in [2.24, 2.45) is 10.1 Å². The molecule has 2 aliphatic rings. The number of fused-ring (bicyclic) bond motifs is 1. The first-order valence-corrected chi connectivity index (χ1v) is 14.9. The Morgan fingerprint density at radius 1 is 0.977 bits per heavy atom. The molecule has 5 rings (SSSR count). The largest absolute Gasteiger partial charge is 0.493 e. The number of carbonyl (C=O) groups excluding carboxylic acids is 1. The molecule has 2 aliphatic heterocycles. The van der Waals surface area contributed by atoms with Gasteiger partial charge < -0.3 is 18.9 Å². The molecule has 0 aromatic heterocycles. The smallest absolute Gasteiger partial charge is 0.283 e. The Labute approximate surface area is 255 Å². The van der Waals surface area contributed by atoms with Gasteiger partial charge in [-0.3, -0.25) is 10.2 Å². The number of amidine groups is 2. The Morgan fingerprint density at radius 3 is 2.30 bits per heavy atom. The van der Waals surface area contributed by atoms with E-state index in [1.54, 1.807) is 18.2 Å². The van der Waals surface area contributed by atoms with Crippen molar-refractivity contribution in [3.05, 3.63) is 89.0 Å². The Balaban J connectivity index is 1.28. The molecule has 1 atom stereocenters. The van der Waals surface area contributed by atoms with Gasteiger partial charge in [0.05, 0.1) is 19.8 Å². The topological polar surface area (TPSA) is 106 Å². The van der Waals surface area contributed by atoms with Crippen molar-refractivity contribution in [1.29, 1.82) is 5.41 Å². The van der Waals surface area contributed by atoms with Crippen molar-refractivity contribution in [2.45, 2.75) is 32.6 Å². The second-order valence-corrected chi connectivity index (χ2v) is 11.0. The molecule has 0 fully saturated rings. The van der Waals surface area contributed by atoms with Crippen molar-refractivity contribution in [1.82, 2.24) is 5.01 Å². The lowest BCUT2D eigenvalue weighted by Gasteiger charge is -2.20. The summed E-state index contributed by atoms with van der Waals surface area (Å²) >= 11 is 1.30. The van der Waals surface area contributed by atoms with E-state index in [0.29, 0.717) is 46.9 Å². The van der Waals surface area contributed by atoms with Crippen molar-refractivity contribution in [3.63, 3.8) is 0 Å². The maximum Gasteiger partial charge on any atom is 0.283 e. The van der Waals surface area contributed by atoms with E-state index >= 15 is 0 Å². The third-order valence-corrected chi connectivity index (χ3v) is 8.06. The molecule has 0 bridgehead atoms. The minimum Gasteiger partial charge on any atom is -0.493 e. The summed E-state index contributed by atoms with van der Waals surface area (Å²) < 4.78 is 23.1. The molecule has 0 unspecified atom stereocenters. The molecule has 0 radical (unpaired) electrons. The first kappa shape index (κ1) is 29.9. The van der Waals surface area contributed by atoms with E-state index < -0.39 is 5.91 Å². The monoisotopic (exact) mass is 598 g/mol. The highest BCUT2D eigenvalue weighted by Crippen LogP contribution is 2.40. The predicted octanol–water partition coefficient (Wildman–Crippen LogP) is 6.54. The van der Waals surface area contributed by atoms with Crippen LogP contribution >= 0.6 is 11.8 Å². The number of nitrogens with one attached hydrogen (secondary N) is 1. The molecule has 0 saturated heterocycles. The Bertz CT molecular complexity index is 1560. The van der Waals surface area contributed by atoms with Gasteiger partial charge in [0.25, 0.3) is 5.91 Å². The van der Waals surface area contributed by atoms with Crippen LogP contribution in [0.2, 0.25) is 0 Å². The average Bonchev–Trinajstić information content (AvgIpc) is 3.43. The van der Waals surface area contributed by atoms with E-state index in [9.17, 15) is 4.79 Å². The van der Waals surface area contributed by atoms with E-state index in [2.05, 4.69) is 36.1 Å². The van der Waals surface area contributed by atoms with Crippen molar-refractivity contribution in [3.8, 4) is 23.0 Å². The number of hydrogen-bond donors (Lipinski definition) is 1. The van der Waals surface area contributed by atoms with Crippen LogP contribution in [-0.2, 0) is 11.2 Å². The summed E-state index contributed by atoms with van der Waals surface area (Å²) in [5, 5.41) is 15.8. The summed E-state index contributed by atoms with van der Waals surface area (Å²) in [4.78, 5) is 17.2. The van der Waals surface area contributed by atoms with Crippen LogP contribution in [0.25, 0.3) is 6.08 Å². The molecule has 1 amide bonds. The Kier molecular flexibility index (Phi) is 9.46. The van der Waals surface area contributed by atoms with Crippen LogP contribution < -0.4 is 18.9 Å². The van der Waals surface area contributed by atoms with Gasteiger partial charge >= 0.3 is 0 Å². The molecule has 3 aromatic rings. The van der Waals surface area contributed by atoms with Crippen LogP contribution in [0.1, 0.15) is 42.9 Å². The molecular formula is C33H34N4O5S. The fraction of sp³-hybridized carbons (Fsp3) is 0.273. The number of hydrazone groups is 1. The van der Waals surface area contributed by atoms with Crippen LogP contribution in [0, 0.1) is 5.41 Å². The van der Waals surface area contributed by atoms with E-state index in [0.717, 1.165) is 22.8 Å². The van der Waals surface area contributed by atoms with Gasteiger partial charge in [0.1, 0.15) is 24.0 Å². The van der Waals surface area contributed by atoms with Crippen LogP contribution in [0.4, 0.5) is 0 Å². The molecule has 43 heavy (non-hydrogen) atoms. The normalized spacial score (nSPS) is 16.0. The number of ether oxygens (including phenoxy) is 4. The highest BCUT2D eigenvalue weighted by Gasteiger charge is 2.35. The molecule has 0 aliphatic carbocycles. The van der Waals surface area contributed by atoms with Gasteiger partial charge in [0.15, 0.2) is 17.3 Å². The predicted molar refractivity (Wildman–Crippen MR) is 171 cm³/mol. The van der Waals surface area contributed by atoms with Gasteiger partial charge in [-0.05, 0) is 71.1 Å². The summed E-state index contributed by atoms with van der Waals surface area (Å²) in [7, 11) is 3.06. The van der Waals surface area contributed by atoms with Crippen LogP contribution in [0.5, 0.6) is 23.0 Å². The number of methoxy groups -OCH3 is 2. The van der Waals surface area contributed by atoms with Gasteiger partial charge in [-0.2, -0.15) is 15.1 Å². The first-order valence-electron chi connectivity index (χ1n) is 14.0. The van der Waals surface area contributed by atoms with Gasteiger partial charge in [0, 0.05) is 6.42 Å². The van der Waals surface area contributed by atoms with E-state index in [1.165, 1.54) is 36.6 Å². The van der Waals surface area contributed by atoms with Crippen molar-refractivity contribution in [2.75, 3.05) is 27.4 Å². The lowest BCUT2D eigenvalue weighted by molar-refractivity contribution is -0.114. The summed E-state index contributed by atoms with van der Waals surface area (Å²) in [6.07, 6.45) is 3.26. The third-order valence-electron chi connectivity index (χ3n) is 7.15. The number of thioether (sulfide) groups is 1. The summed E-state index contributed by atoms with van der Waals surface area (Å²) in [6, 6.07) is 21.5. The zero-order valence-electron chi connectivity index (χ0n) is 24.6. The van der Waals surface area contributed by atoms with Crippen LogP contribution in [-0.4, -0.2) is 54.4 Å². The highest BCUT2D eigenvalue weighted by molar-refractivity contribution is 8.26. The molecule has 9 nitrogen and oxygen atoms in total. The summed E-state index contributed by atoms with van der Waals surface area (Å²) in [5.74, 6) is 1.99. The number of nitrogens with zero attached hydrogens (tertiary/aromatic N) is 3. The molecule has 0 saturated carbocycles. The molecule has 1 N–H and O–H groups in total. The summed E-state index contributed by atoms with van der Waals surface area (Å²) in [6.45, 7) is 4.97. The van der Waals surface area contributed by atoms with Gasteiger partial charge in [-0.25, -0.2) is 0 Å². The Hall–Kier alpha value is -4.57. The third kappa shape index (κ3) is 6.91. The first-order chi connectivity index (χ1) is 20.9. The van der Waals surface area contributed by atoms with Crippen molar-refractivity contribution >= 4 is 39.8 Å². The maximum atomic E-state index is 13.0. The van der Waals surface area contributed by atoms with Crippen LogP contribution in [0.15, 0.2) is 82.4 Å². The number of carbonyl (C=O) groups is 1. The van der Waals surface area contributed by atoms with E-state index in [1.807, 2.05) is 42.5 Å². The number of benzene rings is 3. The van der Waals surface area contributed by atoms with Crippen molar-refractivity contribution < 1.29 is 23.7 Å². The average molecular weight is 599 g/mol. The minimum absolute atomic E-state index is 0.0434. The highest BCUT2D eigenvalue weighted by atomic mass is 32.2. The second-order valence-electron chi connectivity index (χ2n) is 10.0. The van der Waals surface area contributed by atoms with E-state index in [4.69, 9.17) is 24.4 Å². The maximum absolute atomic E-state index is 13.0. The lowest BCUT2D eigenvalue weighted by atomic mass is 9.99. The fourth-order valence-electron chi connectivity index (χ4n) is 4.60. The molecular weight excluding hydrogens is 564 g/mol. The SMILES string of the molecule is CC[C@@H](C)c1ccc(OCCOc2c(OC)cc(/C=C3\C(=N)N4N=C(Cc5ccccc5)SC4=NC3=O)cc2OC)cc1. The molecule has 2 heterocycles. The zero-order chi connectivity index (χ0) is 30.3. The molecule has 3 aromatic carbocycles. The standard InChI is InChI=1S/C33H34N4O5S/c1-5-21(2)24-11-13-25(14-12-24)41-15-16-42-30-27(39-3)18-23(19-28(30)40-4)17-26-31(34)37-33(35-32(26)38)43-29(36-37)20-22-9-7-6-8-10-22/h6-14,17-19,21,34H,5,15-16,20H2,1-4H3/b26-17+,34-31?/t21-/m1/s1.